The summed E-state index contributed by atoms with van der Waals surface area (Å²) in [6.45, 7) is 0. The maximum Gasteiger partial charge on any atom is 0.396 e. The van der Waals surface area contributed by atoms with Gasteiger partial charge in [0.2, 0.25) is 0 Å². The third-order valence-corrected chi connectivity index (χ3v) is 2.23. The normalized spacial score (nSPS) is 11.4. The largest absolute Gasteiger partial charge is 0.396 e. The van der Waals surface area contributed by atoms with Crippen molar-refractivity contribution in [1.82, 2.24) is 0 Å². The first kappa shape index (κ1) is 11.2. The zero-order chi connectivity index (χ0) is 10.8. The van der Waals surface area contributed by atoms with E-state index in [2.05, 4.69) is 15.9 Å². The van der Waals surface area contributed by atoms with Gasteiger partial charge in [0.1, 0.15) is 6.42 Å². The Morgan fingerprint density at radius 1 is 1.29 bits per heavy atom. The number of hydrogen-bond donors (Lipinski definition) is 0. The van der Waals surface area contributed by atoms with Crippen LogP contribution in [0.15, 0.2) is 28.7 Å². The Morgan fingerprint density at radius 2 is 1.86 bits per heavy atom. The highest BCUT2D eigenvalue weighted by Crippen LogP contribution is 2.25. The van der Waals surface area contributed by atoms with Crippen LogP contribution in [0.3, 0.4) is 0 Å². The summed E-state index contributed by atoms with van der Waals surface area (Å²) < 4.78 is 36.0. The molecule has 0 aliphatic heterocycles. The maximum absolute atomic E-state index is 11.9. The highest BCUT2D eigenvalue weighted by atomic mass is 79.9. The molecule has 0 aliphatic rings. The Hall–Kier alpha value is -0.840. The number of carbonyl (C=O) groups excluding carboxylic acids is 1. The molecule has 0 spiro atoms. The van der Waals surface area contributed by atoms with Crippen LogP contribution in [-0.4, -0.2) is 12.0 Å². The Bertz CT molecular complexity index is 346. The van der Waals surface area contributed by atoms with Crippen LogP contribution in [0.25, 0.3) is 0 Å². The van der Waals surface area contributed by atoms with Gasteiger partial charge in [-0.1, -0.05) is 34.1 Å². The Balaban J connectivity index is 2.86. The molecule has 0 unspecified atom stereocenters. The molecule has 5 heteroatoms. The van der Waals surface area contributed by atoms with E-state index in [4.69, 9.17) is 0 Å². The van der Waals surface area contributed by atoms with E-state index >= 15 is 0 Å². The molecule has 0 saturated carbocycles. The van der Waals surface area contributed by atoms with Crippen LogP contribution >= 0.6 is 15.9 Å². The SMILES string of the molecule is O=C(CC(F)(F)F)c1ccccc1Br. The predicted octanol–water partition coefficient (Wildman–Crippen LogP) is 3.58. The van der Waals surface area contributed by atoms with Crippen molar-refractivity contribution >= 4 is 21.7 Å². The monoisotopic (exact) mass is 266 g/mol. The lowest BCUT2D eigenvalue weighted by molar-refractivity contribution is -0.125. The molecular weight excluding hydrogens is 261 g/mol. The fourth-order valence-electron chi connectivity index (χ4n) is 0.965. The lowest BCUT2D eigenvalue weighted by Gasteiger charge is -2.06. The first-order valence-electron chi connectivity index (χ1n) is 3.74. The van der Waals surface area contributed by atoms with Crippen molar-refractivity contribution in [3.63, 3.8) is 0 Å². The molecule has 0 bridgehead atoms. The van der Waals surface area contributed by atoms with Crippen LogP contribution in [0.1, 0.15) is 16.8 Å². The number of ketones is 1. The molecule has 0 atom stereocenters. The lowest BCUT2D eigenvalue weighted by atomic mass is 10.1. The fraction of sp³-hybridized carbons (Fsp3) is 0.222. The highest BCUT2D eigenvalue weighted by Gasteiger charge is 2.32. The van der Waals surface area contributed by atoms with E-state index in [0.717, 1.165) is 0 Å². The van der Waals surface area contributed by atoms with Crippen molar-refractivity contribution in [3.05, 3.63) is 34.3 Å². The molecule has 0 heterocycles. The number of benzene rings is 1. The van der Waals surface area contributed by atoms with Crippen molar-refractivity contribution < 1.29 is 18.0 Å². The molecule has 0 aromatic heterocycles. The van der Waals surface area contributed by atoms with Gasteiger partial charge in [0.25, 0.3) is 0 Å². The molecule has 1 nitrogen and oxygen atoms in total. The van der Waals surface area contributed by atoms with Gasteiger partial charge in [0.05, 0.1) is 0 Å². The summed E-state index contributed by atoms with van der Waals surface area (Å²) in [7, 11) is 0. The summed E-state index contributed by atoms with van der Waals surface area (Å²) in [5.41, 5.74) is 0.0600. The Kier molecular flexibility index (Phi) is 3.31. The van der Waals surface area contributed by atoms with Crippen LogP contribution in [0.4, 0.5) is 13.2 Å². The minimum absolute atomic E-state index is 0.0600. The van der Waals surface area contributed by atoms with Crippen molar-refractivity contribution in [2.45, 2.75) is 12.6 Å². The molecule has 1 aromatic rings. The molecule has 1 rings (SSSR count). The number of hydrogen-bond acceptors (Lipinski definition) is 1. The van der Waals surface area contributed by atoms with Gasteiger partial charge in [-0.2, -0.15) is 13.2 Å². The van der Waals surface area contributed by atoms with Gasteiger partial charge in [-0.15, -0.1) is 0 Å². The molecular formula is C9H6BrF3O. The van der Waals surface area contributed by atoms with Gasteiger partial charge >= 0.3 is 6.18 Å². The third-order valence-electron chi connectivity index (χ3n) is 1.54. The van der Waals surface area contributed by atoms with Gasteiger partial charge in [0.15, 0.2) is 5.78 Å². The number of carbonyl (C=O) groups is 1. The van der Waals surface area contributed by atoms with Crippen LogP contribution in [-0.2, 0) is 0 Å². The quantitative estimate of drug-likeness (QED) is 0.748. The second-order valence-corrected chi connectivity index (χ2v) is 3.55. The second kappa shape index (κ2) is 4.13. The zero-order valence-electron chi connectivity index (χ0n) is 6.94. The molecule has 1 aromatic carbocycles. The number of Topliss-reactive ketones (excluding diaryl/α,β-unsaturated/α-hetero) is 1. The standard InChI is InChI=1S/C9H6BrF3O/c10-7-4-2-1-3-6(7)8(14)5-9(11,12)13/h1-4H,5H2. The molecule has 0 amide bonds. The molecule has 0 radical (unpaired) electrons. The lowest BCUT2D eigenvalue weighted by Crippen LogP contribution is -2.15. The summed E-state index contributed by atoms with van der Waals surface area (Å²) in [6, 6.07) is 6.05. The zero-order valence-corrected chi connectivity index (χ0v) is 8.52. The van der Waals surface area contributed by atoms with Crippen LogP contribution in [0, 0.1) is 0 Å². The van der Waals surface area contributed by atoms with Crippen LogP contribution < -0.4 is 0 Å². The van der Waals surface area contributed by atoms with E-state index in [1.165, 1.54) is 18.2 Å². The molecule has 0 aliphatic carbocycles. The summed E-state index contributed by atoms with van der Waals surface area (Å²) in [5.74, 6) is -0.926. The van der Waals surface area contributed by atoms with Crippen LogP contribution in [0.5, 0.6) is 0 Å². The minimum Gasteiger partial charge on any atom is -0.294 e. The van der Waals surface area contributed by atoms with Gasteiger partial charge < -0.3 is 0 Å². The Morgan fingerprint density at radius 3 is 2.36 bits per heavy atom. The van der Waals surface area contributed by atoms with E-state index in [1.54, 1.807) is 6.07 Å². The third kappa shape index (κ3) is 3.14. The average molecular weight is 267 g/mol. The number of rotatable bonds is 2. The minimum atomic E-state index is -4.45. The van der Waals surface area contributed by atoms with Gasteiger partial charge in [0, 0.05) is 10.0 Å². The molecule has 76 valence electrons. The van der Waals surface area contributed by atoms with Crippen molar-refractivity contribution in [1.29, 1.82) is 0 Å². The summed E-state index contributed by atoms with van der Waals surface area (Å²) in [6.07, 6.45) is -5.87. The summed E-state index contributed by atoms with van der Waals surface area (Å²) in [4.78, 5) is 11.1. The highest BCUT2D eigenvalue weighted by molar-refractivity contribution is 9.10. The average Bonchev–Trinajstić information content (AvgIpc) is 2.01. The van der Waals surface area contributed by atoms with Crippen LogP contribution in [0.2, 0.25) is 0 Å². The molecule has 0 saturated heterocycles. The topological polar surface area (TPSA) is 17.1 Å². The Labute approximate surface area is 87.1 Å². The van der Waals surface area contributed by atoms with E-state index in [0.29, 0.717) is 4.47 Å². The smallest absolute Gasteiger partial charge is 0.294 e. The molecule has 14 heavy (non-hydrogen) atoms. The number of alkyl halides is 3. The summed E-state index contributed by atoms with van der Waals surface area (Å²) in [5, 5.41) is 0. The van der Waals surface area contributed by atoms with E-state index in [-0.39, 0.29) is 5.56 Å². The summed E-state index contributed by atoms with van der Waals surface area (Å²) >= 11 is 3.02. The molecule has 0 N–H and O–H groups in total. The number of halogens is 4. The van der Waals surface area contributed by atoms with Crippen molar-refractivity contribution in [2.75, 3.05) is 0 Å². The van der Waals surface area contributed by atoms with Gasteiger partial charge in [-0.25, -0.2) is 0 Å². The van der Waals surface area contributed by atoms with Gasteiger partial charge in [-0.3, -0.25) is 4.79 Å². The predicted molar refractivity (Wildman–Crippen MR) is 49.1 cm³/mol. The maximum atomic E-state index is 11.9. The molecule has 0 fully saturated rings. The first-order valence-corrected chi connectivity index (χ1v) is 4.54. The van der Waals surface area contributed by atoms with E-state index in [1.807, 2.05) is 0 Å². The fourth-order valence-corrected chi connectivity index (χ4v) is 1.47. The second-order valence-electron chi connectivity index (χ2n) is 2.69. The van der Waals surface area contributed by atoms with E-state index < -0.39 is 18.4 Å². The first-order chi connectivity index (χ1) is 6.40. The van der Waals surface area contributed by atoms with Crippen molar-refractivity contribution in [3.8, 4) is 0 Å². The van der Waals surface area contributed by atoms with E-state index in [9.17, 15) is 18.0 Å². The van der Waals surface area contributed by atoms with Gasteiger partial charge in [-0.05, 0) is 6.07 Å². The van der Waals surface area contributed by atoms with Crippen molar-refractivity contribution in [2.24, 2.45) is 0 Å².